The number of nitrogens with one attached hydrogen (secondary N) is 1. The molecule has 2 aliphatic rings. The summed E-state index contributed by atoms with van der Waals surface area (Å²) in [6.07, 6.45) is 6.06. The lowest BCUT2D eigenvalue weighted by Crippen LogP contribution is -2.50. The third-order valence-electron chi connectivity index (χ3n) is 5.59. The Bertz CT molecular complexity index is 675. The summed E-state index contributed by atoms with van der Waals surface area (Å²) in [5.41, 5.74) is 1.44. The Balaban J connectivity index is 1.61. The van der Waals surface area contributed by atoms with Gasteiger partial charge in [0.1, 0.15) is 0 Å². The van der Waals surface area contributed by atoms with E-state index in [4.69, 9.17) is 0 Å². The van der Waals surface area contributed by atoms with Gasteiger partial charge in [-0.25, -0.2) is 0 Å². The Morgan fingerprint density at radius 1 is 1.24 bits per heavy atom. The molecule has 0 radical (unpaired) electrons. The summed E-state index contributed by atoms with van der Waals surface area (Å²) in [5.74, 6) is -1.39. The van der Waals surface area contributed by atoms with E-state index < -0.39 is 11.4 Å². The summed E-state index contributed by atoms with van der Waals surface area (Å²) >= 11 is 0. The van der Waals surface area contributed by atoms with Crippen LogP contribution in [0.25, 0.3) is 0 Å². The summed E-state index contributed by atoms with van der Waals surface area (Å²) in [6.45, 7) is 4.46. The normalized spacial score (nSPS) is 20.0. The molecular weight excluding hydrogens is 316 g/mol. The first kappa shape index (κ1) is 17.7. The van der Waals surface area contributed by atoms with E-state index in [0.29, 0.717) is 6.54 Å². The number of carbonyl (C=O) groups excluding carboxylic acids is 1. The van der Waals surface area contributed by atoms with Crippen LogP contribution in [-0.4, -0.2) is 41.0 Å². The topological polar surface area (TPSA) is 69.6 Å². The quantitative estimate of drug-likeness (QED) is 0.615. The summed E-state index contributed by atoms with van der Waals surface area (Å²) in [7, 11) is 0. The fourth-order valence-electron chi connectivity index (χ4n) is 3.85. The molecule has 1 aliphatic heterocycles. The van der Waals surface area contributed by atoms with Gasteiger partial charge in [0, 0.05) is 25.7 Å². The molecule has 1 heterocycles. The highest BCUT2D eigenvalue weighted by atomic mass is 16.4. The highest BCUT2D eigenvalue weighted by Crippen LogP contribution is 2.34. The van der Waals surface area contributed by atoms with E-state index in [0.717, 1.165) is 25.9 Å². The van der Waals surface area contributed by atoms with Crippen molar-refractivity contribution in [1.29, 1.82) is 0 Å². The van der Waals surface area contributed by atoms with Crippen LogP contribution in [0.3, 0.4) is 0 Å². The lowest BCUT2D eigenvalue weighted by atomic mass is 9.84. The maximum atomic E-state index is 12.6. The molecule has 0 saturated heterocycles. The monoisotopic (exact) mass is 342 g/mol. The summed E-state index contributed by atoms with van der Waals surface area (Å²) < 4.78 is 0. The van der Waals surface area contributed by atoms with Gasteiger partial charge in [-0.05, 0) is 36.8 Å². The van der Waals surface area contributed by atoms with Gasteiger partial charge in [0.2, 0.25) is 5.91 Å². The van der Waals surface area contributed by atoms with Gasteiger partial charge in [0.15, 0.2) is 5.41 Å². The van der Waals surface area contributed by atoms with Crippen LogP contribution in [0.1, 0.15) is 37.3 Å². The second-order valence-corrected chi connectivity index (χ2v) is 7.03. The molecule has 2 N–H and O–H groups in total. The van der Waals surface area contributed by atoms with Gasteiger partial charge in [-0.2, -0.15) is 0 Å². The van der Waals surface area contributed by atoms with Crippen molar-refractivity contribution >= 4 is 11.9 Å². The molecule has 5 nitrogen and oxygen atoms in total. The smallest absolute Gasteiger partial charge is 0.319 e. The van der Waals surface area contributed by atoms with Crippen LogP contribution in [-0.2, 0) is 22.6 Å². The second-order valence-electron chi connectivity index (χ2n) is 7.03. The number of nitrogens with zero attached hydrogens (tertiary/aromatic N) is 1. The zero-order valence-electron chi connectivity index (χ0n) is 14.7. The zero-order chi connectivity index (χ0) is 17.9. The Morgan fingerprint density at radius 2 is 1.92 bits per heavy atom. The molecule has 1 aliphatic carbocycles. The maximum Gasteiger partial charge on any atom is 0.319 e. The molecule has 25 heavy (non-hydrogen) atoms. The van der Waals surface area contributed by atoms with Crippen LogP contribution in [0, 0.1) is 5.41 Å². The van der Waals surface area contributed by atoms with Crippen LogP contribution >= 0.6 is 0 Å². The molecule has 1 aromatic rings. The van der Waals surface area contributed by atoms with Crippen molar-refractivity contribution in [2.45, 2.75) is 45.2 Å². The van der Waals surface area contributed by atoms with Gasteiger partial charge < -0.3 is 10.4 Å². The lowest BCUT2D eigenvalue weighted by molar-refractivity contribution is -0.155. The van der Waals surface area contributed by atoms with Crippen LogP contribution in [0.4, 0.5) is 0 Å². The average Bonchev–Trinajstić information content (AvgIpc) is 3.13. The van der Waals surface area contributed by atoms with Gasteiger partial charge in [-0.15, -0.1) is 0 Å². The van der Waals surface area contributed by atoms with Gasteiger partial charge >= 0.3 is 5.97 Å². The molecule has 1 aromatic carbocycles. The fraction of sp³-hybridized carbons (Fsp3) is 0.500. The van der Waals surface area contributed by atoms with Crippen molar-refractivity contribution in [2.75, 3.05) is 13.1 Å². The molecule has 1 unspecified atom stereocenters. The van der Waals surface area contributed by atoms with Crippen LogP contribution in [0.5, 0.6) is 0 Å². The molecule has 0 bridgehead atoms. The predicted molar refractivity (Wildman–Crippen MR) is 96.1 cm³/mol. The van der Waals surface area contributed by atoms with Gasteiger partial charge in [-0.3, -0.25) is 14.5 Å². The minimum atomic E-state index is -1.31. The van der Waals surface area contributed by atoms with E-state index >= 15 is 0 Å². The summed E-state index contributed by atoms with van der Waals surface area (Å²) in [6, 6.07) is 8.70. The Kier molecular flexibility index (Phi) is 5.23. The summed E-state index contributed by atoms with van der Waals surface area (Å²) in [4.78, 5) is 26.6. The molecule has 5 heteroatoms. The number of hydrogen-bond donors (Lipinski definition) is 2. The van der Waals surface area contributed by atoms with Crippen LogP contribution in [0.2, 0.25) is 0 Å². The molecular formula is C20H26N2O3. The minimum absolute atomic E-state index is 0.220. The number of carboxylic acid groups (broad SMARTS) is 1. The number of carboxylic acids is 1. The van der Waals surface area contributed by atoms with Crippen LogP contribution < -0.4 is 5.32 Å². The van der Waals surface area contributed by atoms with Crippen molar-refractivity contribution in [3.05, 3.63) is 47.5 Å². The number of hydrogen-bond acceptors (Lipinski definition) is 3. The number of rotatable bonds is 6. The van der Waals surface area contributed by atoms with Crippen molar-refractivity contribution < 1.29 is 14.7 Å². The van der Waals surface area contributed by atoms with Gasteiger partial charge in [0.05, 0.1) is 0 Å². The number of amides is 1. The highest BCUT2D eigenvalue weighted by molar-refractivity contribution is 6.02. The van der Waals surface area contributed by atoms with Crippen LogP contribution in [0.15, 0.2) is 36.4 Å². The van der Waals surface area contributed by atoms with E-state index in [1.807, 2.05) is 0 Å². The average molecular weight is 342 g/mol. The Morgan fingerprint density at radius 3 is 2.56 bits per heavy atom. The molecule has 0 spiro atoms. The third-order valence-corrected chi connectivity index (χ3v) is 5.59. The molecule has 1 amide bonds. The SMILES string of the molecule is CCC(CNC(=O)C1(C(=O)O)CC=CC1)N1CCc2ccccc2C1. The standard InChI is InChI=1S/C20H26N2O3/c1-2-17(22-12-9-15-7-3-4-8-16(15)14-22)13-21-18(23)20(19(24)25)10-5-6-11-20/h3-8,17H,2,9-14H2,1H3,(H,21,23)(H,24,25). The van der Waals surface area contributed by atoms with E-state index in [-0.39, 0.29) is 24.8 Å². The molecule has 1 atom stereocenters. The second kappa shape index (κ2) is 7.40. The van der Waals surface area contributed by atoms with Crippen molar-refractivity contribution in [1.82, 2.24) is 10.2 Å². The largest absolute Gasteiger partial charge is 0.480 e. The third kappa shape index (κ3) is 3.47. The van der Waals surface area contributed by atoms with E-state index in [9.17, 15) is 14.7 Å². The molecule has 3 rings (SSSR count). The first-order chi connectivity index (χ1) is 12.1. The maximum absolute atomic E-state index is 12.6. The first-order valence-electron chi connectivity index (χ1n) is 9.04. The number of allylic oxidation sites excluding steroid dienone is 2. The number of carbonyl (C=O) groups is 2. The highest BCUT2D eigenvalue weighted by Gasteiger charge is 2.46. The molecule has 134 valence electrons. The van der Waals surface area contributed by atoms with Crippen molar-refractivity contribution in [2.24, 2.45) is 5.41 Å². The van der Waals surface area contributed by atoms with E-state index in [1.165, 1.54) is 11.1 Å². The predicted octanol–water partition coefficient (Wildman–Crippen LogP) is 2.36. The fourth-order valence-corrected chi connectivity index (χ4v) is 3.85. The Hall–Kier alpha value is -2.14. The first-order valence-corrected chi connectivity index (χ1v) is 9.04. The Labute approximate surface area is 148 Å². The molecule has 0 aromatic heterocycles. The summed E-state index contributed by atoms with van der Waals surface area (Å²) in [5, 5.41) is 12.4. The molecule has 0 fully saturated rings. The van der Waals surface area contributed by atoms with E-state index in [2.05, 4.69) is 41.4 Å². The van der Waals surface area contributed by atoms with Gasteiger partial charge in [-0.1, -0.05) is 43.3 Å². The van der Waals surface area contributed by atoms with Crippen molar-refractivity contribution in [3.63, 3.8) is 0 Å². The number of aliphatic carboxylic acids is 1. The minimum Gasteiger partial charge on any atom is -0.480 e. The van der Waals surface area contributed by atoms with Gasteiger partial charge in [0.25, 0.3) is 0 Å². The number of fused-ring (bicyclic) bond motifs is 1. The van der Waals surface area contributed by atoms with E-state index in [1.54, 1.807) is 12.2 Å². The number of benzene rings is 1. The zero-order valence-corrected chi connectivity index (χ0v) is 14.7. The van der Waals surface area contributed by atoms with Crippen molar-refractivity contribution in [3.8, 4) is 0 Å². The lowest BCUT2D eigenvalue weighted by Gasteiger charge is -2.36. The molecule has 0 saturated carbocycles.